The van der Waals surface area contributed by atoms with Crippen molar-refractivity contribution in [3.05, 3.63) is 52.0 Å². The van der Waals surface area contributed by atoms with Crippen LogP contribution in [0.15, 0.2) is 35.7 Å². The van der Waals surface area contributed by atoms with Gasteiger partial charge in [0.25, 0.3) is 0 Å². The molecule has 1 aliphatic heterocycles. The van der Waals surface area contributed by atoms with Crippen molar-refractivity contribution in [3.63, 3.8) is 0 Å². The van der Waals surface area contributed by atoms with E-state index in [9.17, 15) is 14.0 Å². The van der Waals surface area contributed by atoms with Gasteiger partial charge in [0.05, 0.1) is 6.04 Å². The molecule has 174 valence electrons. The van der Waals surface area contributed by atoms with Gasteiger partial charge in [-0.3, -0.25) is 4.79 Å². The first-order valence-electron chi connectivity index (χ1n) is 11.2. The molecule has 8 heteroatoms. The standard InChI is InChI=1S/C24H32FN3O3S/c1-4-17(3)14-27(24(30)26-5-2)15-23(29)28-11-9-22-20(10-12-32-22)21(28)16-31-19-8-6-7-18(25)13-19/h6-8,10,12-13,17,21H,4-5,9,11,14-16H2,1-3H3,(H,26,30)/t17-,21+/m1/s1. The largest absolute Gasteiger partial charge is 0.491 e. The molecule has 2 aromatic rings. The van der Waals surface area contributed by atoms with Crippen molar-refractivity contribution < 1.29 is 18.7 Å². The van der Waals surface area contributed by atoms with Crippen LogP contribution < -0.4 is 10.1 Å². The lowest BCUT2D eigenvalue weighted by Crippen LogP contribution is -2.50. The highest BCUT2D eigenvalue weighted by molar-refractivity contribution is 7.10. The van der Waals surface area contributed by atoms with Gasteiger partial charge in [-0.1, -0.05) is 26.3 Å². The molecular formula is C24H32FN3O3S. The molecule has 0 saturated carbocycles. The summed E-state index contributed by atoms with van der Waals surface area (Å²) in [5.74, 6) is 0.255. The van der Waals surface area contributed by atoms with Crippen LogP contribution in [0.3, 0.4) is 0 Å². The maximum atomic E-state index is 13.6. The Hall–Kier alpha value is -2.61. The molecule has 32 heavy (non-hydrogen) atoms. The van der Waals surface area contributed by atoms with Crippen molar-refractivity contribution in [2.75, 3.05) is 32.8 Å². The van der Waals surface area contributed by atoms with E-state index in [1.54, 1.807) is 33.3 Å². The Bertz CT molecular complexity index is 919. The third-order valence-corrected chi connectivity index (χ3v) is 6.79. The zero-order valence-electron chi connectivity index (χ0n) is 19.0. The molecule has 0 unspecified atom stereocenters. The summed E-state index contributed by atoms with van der Waals surface area (Å²) in [6.07, 6.45) is 1.71. The van der Waals surface area contributed by atoms with E-state index >= 15 is 0 Å². The van der Waals surface area contributed by atoms with Crippen LogP contribution in [0.4, 0.5) is 9.18 Å². The minimum atomic E-state index is -0.363. The highest BCUT2D eigenvalue weighted by atomic mass is 32.1. The summed E-state index contributed by atoms with van der Waals surface area (Å²) in [6, 6.07) is 7.54. The van der Waals surface area contributed by atoms with Crippen LogP contribution in [0.2, 0.25) is 0 Å². The molecule has 1 aromatic carbocycles. The Kier molecular flexibility index (Phi) is 8.50. The lowest BCUT2D eigenvalue weighted by atomic mass is 10.00. The molecule has 1 aromatic heterocycles. The van der Waals surface area contributed by atoms with E-state index in [-0.39, 0.29) is 36.9 Å². The molecule has 0 radical (unpaired) electrons. The van der Waals surface area contributed by atoms with Gasteiger partial charge in [-0.25, -0.2) is 9.18 Å². The summed E-state index contributed by atoms with van der Waals surface area (Å²) in [6.45, 7) is 7.86. The average Bonchev–Trinajstić information content (AvgIpc) is 3.26. The number of urea groups is 1. The zero-order chi connectivity index (χ0) is 23.1. The Labute approximate surface area is 193 Å². The maximum Gasteiger partial charge on any atom is 0.317 e. The van der Waals surface area contributed by atoms with E-state index in [1.165, 1.54) is 17.0 Å². The van der Waals surface area contributed by atoms with E-state index in [2.05, 4.69) is 19.2 Å². The number of hydrogen-bond donors (Lipinski definition) is 1. The molecule has 2 atom stereocenters. The number of benzene rings is 1. The lowest BCUT2D eigenvalue weighted by molar-refractivity contribution is -0.135. The van der Waals surface area contributed by atoms with Gasteiger partial charge in [-0.2, -0.15) is 0 Å². The molecule has 2 heterocycles. The van der Waals surface area contributed by atoms with Crippen molar-refractivity contribution in [2.45, 2.75) is 39.7 Å². The maximum absolute atomic E-state index is 13.6. The average molecular weight is 462 g/mol. The third kappa shape index (κ3) is 6.00. The van der Waals surface area contributed by atoms with Crippen molar-refractivity contribution >= 4 is 23.3 Å². The van der Waals surface area contributed by atoms with E-state index in [0.717, 1.165) is 18.4 Å². The number of nitrogens with one attached hydrogen (secondary N) is 1. The van der Waals surface area contributed by atoms with E-state index in [0.29, 0.717) is 31.3 Å². The Morgan fingerprint density at radius 1 is 1.34 bits per heavy atom. The van der Waals surface area contributed by atoms with Gasteiger partial charge in [-0.05, 0) is 48.4 Å². The number of rotatable bonds is 9. The molecule has 6 nitrogen and oxygen atoms in total. The highest BCUT2D eigenvalue weighted by Gasteiger charge is 2.33. The monoisotopic (exact) mass is 461 g/mol. The van der Waals surface area contributed by atoms with E-state index < -0.39 is 0 Å². The summed E-state index contributed by atoms with van der Waals surface area (Å²) >= 11 is 1.68. The fourth-order valence-corrected chi connectivity index (χ4v) is 4.78. The van der Waals surface area contributed by atoms with Gasteiger partial charge in [0.1, 0.15) is 24.7 Å². The smallest absolute Gasteiger partial charge is 0.317 e. The van der Waals surface area contributed by atoms with Crippen LogP contribution in [0.5, 0.6) is 5.75 Å². The van der Waals surface area contributed by atoms with Crippen molar-refractivity contribution in [2.24, 2.45) is 5.92 Å². The molecule has 3 rings (SSSR count). The molecule has 1 N–H and O–H groups in total. The minimum Gasteiger partial charge on any atom is -0.491 e. The van der Waals surface area contributed by atoms with E-state index in [1.807, 2.05) is 18.4 Å². The second kappa shape index (κ2) is 11.3. The molecule has 0 spiro atoms. The topological polar surface area (TPSA) is 61.9 Å². The normalized spacial score (nSPS) is 16.2. The van der Waals surface area contributed by atoms with Gasteiger partial charge >= 0.3 is 6.03 Å². The van der Waals surface area contributed by atoms with Crippen LogP contribution in [0, 0.1) is 11.7 Å². The van der Waals surface area contributed by atoms with Crippen molar-refractivity contribution in [1.82, 2.24) is 15.1 Å². The summed E-state index contributed by atoms with van der Waals surface area (Å²) in [5, 5.41) is 4.84. The first-order chi connectivity index (χ1) is 15.4. The van der Waals surface area contributed by atoms with Gasteiger partial charge in [0.15, 0.2) is 0 Å². The predicted octanol–water partition coefficient (Wildman–Crippen LogP) is 4.47. The van der Waals surface area contributed by atoms with Crippen molar-refractivity contribution in [1.29, 1.82) is 0 Å². The number of halogens is 1. The van der Waals surface area contributed by atoms with Gasteiger partial charge in [0, 0.05) is 30.6 Å². The minimum absolute atomic E-state index is 0.0199. The Morgan fingerprint density at radius 3 is 2.88 bits per heavy atom. The molecule has 1 aliphatic rings. The molecule has 0 aliphatic carbocycles. The Morgan fingerprint density at radius 2 is 2.16 bits per heavy atom. The fraction of sp³-hybridized carbons (Fsp3) is 0.500. The number of carbonyl (C=O) groups is 2. The first-order valence-corrected chi connectivity index (χ1v) is 12.1. The summed E-state index contributed by atoms with van der Waals surface area (Å²) in [5.41, 5.74) is 1.07. The van der Waals surface area contributed by atoms with Crippen LogP contribution >= 0.6 is 11.3 Å². The third-order valence-electron chi connectivity index (χ3n) is 5.79. The summed E-state index contributed by atoms with van der Waals surface area (Å²) < 4.78 is 19.4. The van der Waals surface area contributed by atoms with Gasteiger partial charge in [-0.15, -0.1) is 11.3 Å². The van der Waals surface area contributed by atoms with Crippen LogP contribution in [-0.4, -0.2) is 54.5 Å². The predicted molar refractivity (Wildman–Crippen MR) is 124 cm³/mol. The number of carbonyl (C=O) groups excluding carboxylic acids is 2. The fourth-order valence-electron chi connectivity index (χ4n) is 3.85. The van der Waals surface area contributed by atoms with Crippen molar-refractivity contribution in [3.8, 4) is 5.75 Å². The van der Waals surface area contributed by atoms with Crippen LogP contribution in [-0.2, 0) is 11.2 Å². The number of nitrogens with zero attached hydrogens (tertiary/aromatic N) is 2. The SMILES string of the molecule is CCNC(=O)N(CC(=O)N1CCc2sccc2[C@@H]1COc1cccc(F)c1)C[C@H](C)CC. The molecule has 0 saturated heterocycles. The summed E-state index contributed by atoms with van der Waals surface area (Å²) in [4.78, 5) is 30.6. The van der Waals surface area contributed by atoms with Crippen LogP contribution in [0.1, 0.15) is 43.7 Å². The second-order valence-corrected chi connectivity index (χ2v) is 9.15. The molecule has 0 fully saturated rings. The van der Waals surface area contributed by atoms with Crippen LogP contribution in [0.25, 0.3) is 0 Å². The summed E-state index contributed by atoms with van der Waals surface area (Å²) in [7, 11) is 0. The number of ether oxygens (including phenoxy) is 1. The zero-order valence-corrected chi connectivity index (χ0v) is 19.8. The number of fused-ring (bicyclic) bond motifs is 1. The number of thiophene rings is 1. The van der Waals surface area contributed by atoms with Gasteiger partial charge < -0.3 is 19.9 Å². The number of amides is 3. The van der Waals surface area contributed by atoms with Gasteiger partial charge in [0.2, 0.25) is 5.91 Å². The quantitative estimate of drug-likeness (QED) is 0.599. The first kappa shape index (κ1) is 24.0. The van der Waals surface area contributed by atoms with E-state index in [4.69, 9.17) is 4.74 Å². The second-order valence-electron chi connectivity index (χ2n) is 8.15. The Balaban J connectivity index is 1.76. The molecule has 3 amide bonds. The number of hydrogen-bond acceptors (Lipinski definition) is 4. The highest BCUT2D eigenvalue weighted by Crippen LogP contribution is 2.34. The molecular weight excluding hydrogens is 429 g/mol. The molecule has 0 bridgehead atoms. The lowest BCUT2D eigenvalue weighted by Gasteiger charge is -2.37.